The maximum atomic E-state index is 12.2. The quantitative estimate of drug-likeness (QED) is 0.904. The Kier molecular flexibility index (Phi) is 4.85. The largest absolute Gasteiger partial charge is 0.341 e. The number of pyridine rings is 1. The Morgan fingerprint density at radius 3 is 2.50 bits per heavy atom. The first-order chi connectivity index (χ1) is 9.66. The van der Waals surface area contributed by atoms with E-state index in [2.05, 4.69) is 4.98 Å². The van der Waals surface area contributed by atoms with E-state index in [0.717, 1.165) is 11.1 Å². The van der Waals surface area contributed by atoms with Crippen molar-refractivity contribution in [3.63, 3.8) is 0 Å². The van der Waals surface area contributed by atoms with E-state index in [-0.39, 0.29) is 11.9 Å². The van der Waals surface area contributed by atoms with Gasteiger partial charge in [0.25, 0.3) is 0 Å². The number of aromatic nitrogens is 1. The molecule has 1 unspecified atom stereocenters. The molecule has 104 valence electrons. The van der Waals surface area contributed by atoms with Crippen LogP contribution < -0.4 is 5.73 Å². The van der Waals surface area contributed by atoms with Crippen LogP contribution in [0.1, 0.15) is 23.6 Å². The smallest absolute Gasteiger partial charge is 0.224 e. The standard InChI is InChI=1S/C16H19N3O/c1-19(12-13-7-9-18-10-8-13)16(20)11-15(17)14-5-3-2-4-6-14/h2-10,15H,11-12,17H2,1H3. The van der Waals surface area contributed by atoms with Crippen LogP contribution in [-0.2, 0) is 11.3 Å². The van der Waals surface area contributed by atoms with Gasteiger partial charge in [-0.2, -0.15) is 0 Å². The maximum absolute atomic E-state index is 12.2. The van der Waals surface area contributed by atoms with Gasteiger partial charge >= 0.3 is 0 Å². The lowest BCUT2D eigenvalue weighted by Gasteiger charge is -2.20. The van der Waals surface area contributed by atoms with Gasteiger partial charge in [0.05, 0.1) is 0 Å². The van der Waals surface area contributed by atoms with Gasteiger partial charge in [-0.1, -0.05) is 30.3 Å². The minimum atomic E-state index is -0.261. The number of hydrogen-bond acceptors (Lipinski definition) is 3. The Hall–Kier alpha value is -2.20. The Labute approximate surface area is 119 Å². The molecule has 1 atom stereocenters. The first kappa shape index (κ1) is 14.2. The zero-order valence-electron chi connectivity index (χ0n) is 11.6. The van der Waals surface area contributed by atoms with E-state index in [9.17, 15) is 4.79 Å². The summed E-state index contributed by atoms with van der Waals surface area (Å²) in [5, 5.41) is 0. The molecule has 0 aliphatic heterocycles. The summed E-state index contributed by atoms with van der Waals surface area (Å²) in [5.74, 6) is 0.0400. The molecule has 0 radical (unpaired) electrons. The van der Waals surface area contributed by atoms with Gasteiger partial charge in [-0.15, -0.1) is 0 Å². The SMILES string of the molecule is CN(Cc1ccncc1)C(=O)CC(N)c1ccccc1. The normalized spacial score (nSPS) is 11.9. The van der Waals surface area contributed by atoms with Gasteiger partial charge in [-0.05, 0) is 23.3 Å². The highest BCUT2D eigenvalue weighted by Gasteiger charge is 2.15. The van der Waals surface area contributed by atoms with Gasteiger partial charge in [0.1, 0.15) is 0 Å². The number of nitrogens with zero attached hydrogens (tertiary/aromatic N) is 2. The number of benzene rings is 1. The van der Waals surface area contributed by atoms with Gasteiger partial charge in [-0.3, -0.25) is 9.78 Å². The summed E-state index contributed by atoms with van der Waals surface area (Å²) in [7, 11) is 1.79. The van der Waals surface area contributed by atoms with Crippen molar-refractivity contribution in [1.82, 2.24) is 9.88 Å². The molecular weight excluding hydrogens is 250 g/mol. The molecule has 2 aromatic rings. The summed E-state index contributed by atoms with van der Waals surface area (Å²) in [6.45, 7) is 0.572. The molecule has 2 N–H and O–H groups in total. The summed E-state index contributed by atoms with van der Waals surface area (Å²) in [6, 6.07) is 13.2. The molecule has 4 nitrogen and oxygen atoms in total. The molecule has 0 bridgehead atoms. The molecule has 0 aliphatic carbocycles. The third kappa shape index (κ3) is 3.90. The van der Waals surface area contributed by atoms with Gasteiger partial charge in [0.15, 0.2) is 0 Å². The molecule has 1 heterocycles. The summed E-state index contributed by atoms with van der Waals surface area (Å²) in [6.07, 6.45) is 3.76. The fraction of sp³-hybridized carbons (Fsp3) is 0.250. The second-order valence-electron chi connectivity index (χ2n) is 4.83. The van der Waals surface area contributed by atoms with E-state index in [1.165, 1.54) is 0 Å². The second-order valence-corrected chi connectivity index (χ2v) is 4.83. The molecule has 4 heteroatoms. The molecule has 1 aromatic carbocycles. The number of hydrogen-bond donors (Lipinski definition) is 1. The molecule has 0 saturated heterocycles. The van der Waals surface area contributed by atoms with Crippen molar-refractivity contribution in [2.75, 3.05) is 7.05 Å². The van der Waals surface area contributed by atoms with Crippen molar-refractivity contribution >= 4 is 5.91 Å². The highest BCUT2D eigenvalue weighted by molar-refractivity contribution is 5.76. The third-order valence-electron chi connectivity index (χ3n) is 3.22. The zero-order valence-corrected chi connectivity index (χ0v) is 11.6. The van der Waals surface area contributed by atoms with E-state index in [1.54, 1.807) is 24.3 Å². The van der Waals surface area contributed by atoms with Crippen LogP contribution in [-0.4, -0.2) is 22.8 Å². The minimum Gasteiger partial charge on any atom is -0.341 e. The Bertz CT molecular complexity index is 542. The molecule has 0 fully saturated rings. The lowest BCUT2D eigenvalue weighted by molar-refractivity contribution is -0.130. The molecular formula is C16H19N3O. The van der Waals surface area contributed by atoms with Crippen LogP contribution in [0.15, 0.2) is 54.9 Å². The molecule has 20 heavy (non-hydrogen) atoms. The summed E-state index contributed by atoms with van der Waals surface area (Å²) in [4.78, 5) is 17.8. The summed E-state index contributed by atoms with van der Waals surface area (Å²) in [5.41, 5.74) is 8.11. The minimum absolute atomic E-state index is 0.0400. The average molecular weight is 269 g/mol. The van der Waals surface area contributed by atoms with Crippen LogP contribution >= 0.6 is 0 Å². The molecule has 0 spiro atoms. The van der Waals surface area contributed by atoms with Crippen LogP contribution in [0, 0.1) is 0 Å². The number of carbonyl (C=O) groups is 1. The lowest BCUT2D eigenvalue weighted by atomic mass is 10.0. The number of carbonyl (C=O) groups excluding carboxylic acids is 1. The molecule has 0 aliphatic rings. The van der Waals surface area contributed by atoms with Crippen molar-refractivity contribution in [2.45, 2.75) is 19.0 Å². The number of rotatable bonds is 5. The number of amides is 1. The van der Waals surface area contributed by atoms with E-state index in [4.69, 9.17) is 5.73 Å². The Balaban J connectivity index is 1.91. The average Bonchev–Trinajstić information content (AvgIpc) is 2.49. The van der Waals surface area contributed by atoms with Crippen LogP contribution in [0.2, 0.25) is 0 Å². The van der Waals surface area contributed by atoms with Crippen molar-refractivity contribution in [1.29, 1.82) is 0 Å². The van der Waals surface area contributed by atoms with E-state index >= 15 is 0 Å². The van der Waals surface area contributed by atoms with Crippen LogP contribution in [0.4, 0.5) is 0 Å². The highest BCUT2D eigenvalue weighted by atomic mass is 16.2. The zero-order chi connectivity index (χ0) is 14.4. The first-order valence-corrected chi connectivity index (χ1v) is 6.60. The molecule has 1 aromatic heterocycles. The fourth-order valence-electron chi connectivity index (χ4n) is 2.01. The molecule has 2 rings (SSSR count). The first-order valence-electron chi connectivity index (χ1n) is 6.60. The van der Waals surface area contributed by atoms with Crippen molar-refractivity contribution in [3.05, 3.63) is 66.0 Å². The van der Waals surface area contributed by atoms with Crippen molar-refractivity contribution in [2.24, 2.45) is 5.73 Å². The molecule has 0 saturated carbocycles. The summed E-state index contributed by atoms with van der Waals surface area (Å²) >= 11 is 0. The predicted molar refractivity (Wildman–Crippen MR) is 78.7 cm³/mol. The van der Waals surface area contributed by atoms with Crippen molar-refractivity contribution in [3.8, 4) is 0 Å². The Morgan fingerprint density at radius 2 is 1.85 bits per heavy atom. The van der Waals surface area contributed by atoms with Crippen LogP contribution in [0.25, 0.3) is 0 Å². The van der Waals surface area contributed by atoms with Gasteiger partial charge < -0.3 is 10.6 Å². The van der Waals surface area contributed by atoms with Crippen molar-refractivity contribution < 1.29 is 4.79 Å². The molecule has 1 amide bonds. The van der Waals surface area contributed by atoms with Crippen LogP contribution in [0.5, 0.6) is 0 Å². The monoisotopic (exact) mass is 269 g/mol. The van der Waals surface area contributed by atoms with Gasteiger partial charge in [-0.25, -0.2) is 0 Å². The lowest BCUT2D eigenvalue weighted by Crippen LogP contribution is -2.29. The Morgan fingerprint density at radius 1 is 1.20 bits per heavy atom. The number of nitrogens with two attached hydrogens (primary N) is 1. The highest BCUT2D eigenvalue weighted by Crippen LogP contribution is 2.15. The van der Waals surface area contributed by atoms with Crippen LogP contribution in [0.3, 0.4) is 0 Å². The second kappa shape index (κ2) is 6.82. The summed E-state index contributed by atoms with van der Waals surface area (Å²) < 4.78 is 0. The van der Waals surface area contributed by atoms with E-state index < -0.39 is 0 Å². The fourth-order valence-corrected chi connectivity index (χ4v) is 2.01. The topological polar surface area (TPSA) is 59.2 Å². The third-order valence-corrected chi connectivity index (χ3v) is 3.22. The van der Waals surface area contributed by atoms with E-state index in [1.807, 2.05) is 42.5 Å². The van der Waals surface area contributed by atoms with Gasteiger partial charge in [0, 0.05) is 38.4 Å². The van der Waals surface area contributed by atoms with E-state index in [0.29, 0.717) is 13.0 Å². The maximum Gasteiger partial charge on any atom is 0.224 e. The predicted octanol–water partition coefficient (Wildman–Crippen LogP) is 2.13. The van der Waals surface area contributed by atoms with Gasteiger partial charge in [0.2, 0.25) is 5.91 Å².